The van der Waals surface area contributed by atoms with Gasteiger partial charge in [-0.25, -0.2) is 4.98 Å². The molecule has 0 aliphatic heterocycles. The van der Waals surface area contributed by atoms with Crippen molar-refractivity contribution in [1.29, 1.82) is 0 Å². The third-order valence-electron chi connectivity index (χ3n) is 2.63. The lowest BCUT2D eigenvalue weighted by molar-refractivity contribution is 0.547. The number of nitrogens with zero attached hydrogens (tertiary/aromatic N) is 4. The fourth-order valence-corrected chi connectivity index (χ4v) is 1.84. The van der Waals surface area contributed by atoms with E-state index >= 15 is 0 Å². The molecule has 1 N–H and O–H groups in total. The van der Waals surface area contributed by atoms with E-state index in [2.05, 4.69) is 38.7 Å². The van der Waals surface area contributed by atoms with Crippen LogP contribution in [0.3, 0.4) is 0 Å². The molecule has 0 aliphatic carbocycles. The molecule has 0 bridgehead atoms. The number of rotatable bonds is 5. The van der Waals surface area contributed by atoms with Crippen molar-refractivity contribution in [1.82, 2.24) is 24.8 Å². The van der Waals surface area contributed by atoms with E-state index in [0.717, 1.165) is 24.6 Å². The smallest absolute Gasteiger partial charge is 0.132 e. The number of aromatic nitrogens is 4. The predicted octanol–water partition coefficient (Wildman–Crippen LogP) is 1.39. The minimum atomic E-state index is 0.00338. The van der Waals surface area contributed by atoms with E-state index in [1.165, 1.54) is 0 Å². The zero-order valence-corrected chi connectivity index (χ0v) is 10.2. The molecule has 5 nitrogen and oxygen atoms in total. The summed E-state index contributed by atoms with van der Waals surface area (Å²) in [6.45, 7) is 5.93. The highest BCUT2D eigenvalue weighted by Gasteiger charge is 2.18. The molecule has 2 aromatic heterocycles. The summed E-state index contributed by atoms with van der Waals surface area (Å²) in [4.78, 5) is 12.9. The summed E-state index contributed by atoms with van der Waals surface area (Å²) in [6, 6.07) is 0.00338. The maximum absolute atomic E-state index is 4.42. The van der Waals surface area contributed by atoms with Gasteiger partial charge in [-0.1, -0.05) is 6.92 Å². The predicted molar refractivity (Wildman–Crippen MR) is 65.5 cm³/mol. The highest BCUT2D eigenvalue weighted by Crippen LogP contribution is 2.17. The molecule has 1 atom stereocenters. The fourth-order valence-electron chi connectivity index (χ4n) is 1.84. The number of hydrogen-bond donors (Lipinski definition) is 1. The Bertz CT molecular complexity index is 451. The van der Waals surface area contributed by atoms with Crippen molar-refractivity contribution < 1.29 is 0 Å². The molecule has 0 fully saturated rings. The van der Waals surface area contributed by atoms with Crippen molar-refractivity contribution in [3.63, 3.8) is 0 Å². The van der Waals surface area contributed by atoms with Crippen LogP contribution in [0, 0.1) is 0 Å². The largest absolute Gasteiger partial charge is 0.334 e. The molecule has 0 spiro atoms. The minimum Gasteiger partial charge on any atom is -0.334 e. The summed E-state index contributed by atoms with van der Waals surface area (Å²) in [7, 11) is 0. The molecule has 0 saturated heterocycles. The van der Waals surface area contributed by atoms with Crippen LogP contribution < -0.4 is 5.32 Å². The first-order valence-electron chi connectivity index (χ1n) is 5.87. The zero-order valence-electron chi connectivity index (χ0n) is 10.2. The van der Waals surface area contributed by atoms with Gasteiger partial charge in [0.25, 0.3) is 0 Å². The van der Waals surface area contributed by atoms with Crippen LogP contribution in [0.2, 0.25) is 0 Å². The molecule has 2 aromatic rings. The Hall–Kier alpha value is -1.75. The SMILES string of the molecule is CCNC(c1cnccn1)c1nccn1CC. The lowest BCUT2D eigenvalue weighted by Gasteiger charge is -2.17. The third-order valence-corrected chi connectivity index (χ3v) is 2.63. The summed E-state index contributed by atoms with van der Waals surface area (Å²) in [5, 5.41) is 3.39. The van der Waals surface area contributed by atoms with Crippen LogP contribution in [0.4, 0.5) is 0 Å². The van der Waals surface area contributed by atoms with Crippen molar-refractivity contribution in [2.45, 2.75) is 26.4 Å². The van der Waals surface area contributed by atoms with Crippen LogP contribution in [0.1, 0.15) is 31.4 Å². The van der Waals surface area contributed by atoms with Gasteiger partial charge in [0.05, 0.1) is 11.9 Å². The number of nitrogens with one attached hydrogen (secondary N) is 1. The van der Waals surface area contributed by atoms with E-state index in [1.54, 1.807) is 18.6 Å². The van der Waals surface area contributed by atoms with Gasteiger partial charge in [0.1, 0.15) is 11.9 Å². The summed E-state index contributed by atoms with van der Waals surface area (Å²) in [5.41, 5.74) is 0.898. The maximum atomic E-state index is 4.42. The average Bonchev–Trinajstić information content (AvgIpc) is 2.85. The van der Waals surface area contributed by atoms with Crippen LogP contribution >= 0.6 is 0 Å². The Morgan fingerprint density at radius 3 is 2.76 bits per heavy atom. The van der Waals surface area contributed by atoms with Gasteiger partial charge >= 0.3 is 0 Å². The first kappa shape index (κ1) is 11.7. The third kappa shape index (κ3) is 2.50. The highest BCUT2D eigenvalue weighted by molar-refractivity contribution is 5.15. The Balaban J connectivity index is 2.36. The topological polar surface area (TPSA) is 55.6 Å². The van der Waals surface area contributed by atoms with E-state index in [0.29, 0.717) is 0 Å². The van der Waals surface area contributed by atoms with Crippen LogP contribution in [0.5, 0.6) is 0 Å². The van der Waals surface area contributed by atoms with Crippen molar-refractivity contribution in [3.05, 3.63) is 42.5 Å². The van der Waals surface area contributed by atoms with Crippen LogP contribution in [0.15, 0.2) is 31.0 Å². The molecule has 2 heterocycles. The summed E-state index contributed by atoms with van der Waals surface area (Å²) < 4.78 is 2.11. The summed E-state index contributed by atoms with van der Waals surface area (Å²) >= 11 is 0. The normalized spacial score (nSPS) is 12.6. The second kappa shape index (κ2) is 5.54. The molecule has 17 heavy (non-hydrogen) atoms. The second-order valence-corrected chi connectivity index (χ2v) is 3.69. The maximum Gasteiger partial charge on any atom is 0.132 e. The van der Waals surface area contributed by atoms with Crippen molar-refractivity contribution >= 4 is 0 Å². The summed E-state index contributed by atoms with van der Waals surface area (Å²) in [6.07, 6.45) is 8.97. The number of aryl methyl sites for hydroxylation is 1. The van der Waals surface area contributed by atoms with Gasteiger partial charge in [0.2, 0.25) is 0 Å². The second-order valence-electron chi connectivity index (χ2n) is 3.69. The van der Waals surface area contributed by atoms with Crippen LogP contribution in [-0.2, 0) is 6.54 Å². The molecule has 2 rings (SSSR count). The molecular formula is C12H17N5. The lowest BCUT2D eigenvalue weighted by atomic mass is 10.2. The van der Waals surface area contributed by atoms with Crippen molar-refractivity contribution in [3.8, 4) is 0 Å². The molecular weight excluding hydrogens is 214 g/mol. The Morgan fingerprint density at radius 1 is 1.24 bits per heavy atom. The van der Waals surface area contributed by atoms with E-state index in [-0.39, 0.29) is 6.04 Å². The van der Waals surface area contributed by atoms with Crippen molar-refractivity contribution in [2.75, 3.05) is 6.54 Å². The Kier molecular flexibility index (Phi) is 3.82. The molecule has 0 aliphatic rings. The zero-order chi connectivity index (χ0) is 12.1. The summed E-state index contributed by atoms with van der Waals surface area (Å²) in [5.74, 6) is 0.981. The van der Waals surface area contributed by atoms with Gasteiger partial charge in [0.15, 0.2) is 0 Å². The average molecular weight is 231 g/mol. The molecule has 0 aromatic carbocycles. The standard InChI is InChI=1S/C12H17N5/c1-3-14-11(10-9-13-5-6-15-10)12-16-7-8-17(12)4-2/h5-9,11,14H,3-4H2,1-2H3. The van der Waals surface area contributed by atoms with E-state index < -0.39 is 0 Å². The van der Waals surface area contributed by atoms with Gasteiger partial charge in [-0.15, -0.1) is 0 Å². The first-order chi connectivity index (χ1) is 8.36. The Morgan fingerprint density at radius 2 is 2.12 bits per heavy atom. The molecule has 0 radical (unpaired) electrons. The van der Waals surface area contributed by atoms with Gasteiger partial charge in [-0.2, -0.15) is 0 Å². The molecule has 0 saturated carbocycles. The monoisotopic (exact) mass is 231 g/mol. The van der Waals surface area contributed by atoms with Gasteiger partial charge < -0.3 is 9.88 Å². The van der Waals surface area contributed by atoms with Gasteiger partial charge in [-0.05, 0) is 13.5 Å². The van der Waals surface area contributed by atoms with Crippen molar-refractivity contribution in [2.24, 2.45) is 0 Å². The van der Waals surface area contributed by atoms with E-state index in [4.69, 9.17) is 0 Å². The van der Waals surface area contributed by atoms with Gasteiger partial charge in [-0.3, -0.25) is 9.97 Å². The fraction of sp³-hybridized carbons (Fsp3) is 0.417. The highest BCUT2D eigenvalue weighted by atomic mass is 15.1. The van der Waals surface area contributed by atoms with E-state index in [1.807, 2.05) is 12.4 Å². The minimum absolute atomic E-state index is 0.00338. The van der Waals surface area contributed by atoms with Crippen LogP contribution in [-0.4, -0.2) is 26.1 Å². The molecule has 0 amide bonds. The number of imidazole rings is 1. The molecule has 1 unspecified atom stereocenters. The first-order valence-corrected chi connectivity index (χ1v) is 5.87. The molecule has 5 heteroatoms. The molecule has 90 valence electrons. The van der Waals surface area contributed by atoms with Gasteiger partial charge in [0, 0.05) is 31.3 Å². The quantitative estimate of drug-likeness (QED) is 0.845. The number of hydrogen-bond acceptors (Lipinski definition) is 4. The lowest BCUT2D eigenvalue weighted by Crippen LogP contribution is -2.26. The Labute approximate surface area is 101 Å². The van der Waals surface area contributed by atoms with Crippen LogP contribution in [0.25, 0.3) is 0 Å². The van der Waals surface area contributed by atoms with E-state index in [9.17, 15) is 0 Å².